The Labute approximate surface area is 106 Å². The summed E-state index contributed by atoms with van der Waals surface area (Å²) in [7, 11) is 0. The van der Waals surface area contributed by atoms with Crippen molar-refractivity contribution in [3.05, 3.63) is 52.1 Å². The Morgan fingerprint density at radius 1 is 1.37 bits per heavy atom. The third-order valence-corrected chi connectivity index (χ3v) is 2.54. The maximum Gasteiger partial charge on any atom is 0.275 e. The molecule has 0 saturated carbocycles. The van der Waals surface area contributed by atoms with E-state index in [1.807, 2.05) is 0 Å². The number of non-ortho nitro benzene ring substituents is 1. The standard InChI is InChI=1S/C11H10F2N4O2/c12-8-5-7(17(18)19)6-9(13)11(8)16-4-3-15-10(16)1-2-14/h3-6H,1-2,14H2. The minimum atomic E-state index is -1.03. The molecule has 0 radical (unpaired) electrons. The first kappa shape index (κ1) is 13.1. The quantitative estimate of drug-likeness (QED) is 0.673. The minimum Gasteiger partial charge on any atom is -0.330 e. The highest BCUT2D eigenvalue weighted by Gasteiger charge is 2.19. The molecule has 6 nitrogen and oxygen atoms in total. The van der Waals surface area contributed by atoms with E-state index >= 15 is 0 Å². The molecule has 0 unspecified atom stereocenters. The molecular formula is C11H10F2N4O2. The molecule has 1 aromatic carbocycles. The Bertz CT molecular complexity index is 604. The van der Waals surface area contributed by atoms with Crippen LogP contribution in [-0.2, 0) is 6.42 Å². The lowest BCUT2D eigenvalue weighted by Gasteiger charge is -2.09. The van der Waals surface area contributed by atoms with E-state index in [1.165, 1.54) is 17.0 Å². The summed E-state index contributed by atoms with van der Waals surface area (Å²) in [5, 5.41) is 10.5. The van der Waals surface area contributed by atoms with E-state index in [1.54, 1.807) is 0 Å². The van der Waals surface area contributed by atoms with Gasteiger partial charge in [-0.3, -0.25) is 14.7 Å². The third kappa shape index (κ3) is 2.43. The minimum absolute atomic E-state index is 0.271. The van der Waals surface area contributed by atoms with Crippen LogP contribution in [0.25, 0.3) is 5.69 Å². The number of hydrogen-bond acceptors (Lipinski definition) is 4. The molecule has 0 aliphatic carbocycles. The van der Waals surface area contributed by atoms with Gasteiger partial charge in [0.1, 0.15) is 11.5 Å². The highest BCUT2D eigenvalue weighted by Crippen LogP contribution is 2.24. The number of nitrogens with two attached hydrogens (primary N) is 1. The highest BCUT2D eigenvalue weighted by molar-refractivity contribution is 5.44. The van der Waals surface area contributed by atoms with Crippen LogP contribution in [-0.4, -0.2) is 21.0 Å². The van der Waals surface area contributed by atoms with Crippen LogP contribution < -0.4 is 5.73 Å². The zero-order valence-corrected chi connectivity index (χ0v) is 9.72. The van der Waals surface area contributed by atoms with Gasteiger partial charge in [0.15, 0.2) is 11.6 Å². The zero-order chi connectivity index (χ0) is 14.0. The number of halogens is 2. The Balaban J connectivity index is 2.56. The van der Waals surface area contributed by atoms with Crippen molar-refractivity contribution in [3.8, 4) is 5.69 Å². The molecule has 2 aromatic rings. The van der Waals surface area contributed by atoms with Gasteiger partial charge in [0.05, 0.1) is 17.1 Å². The normalized spacial score (nSPS) is 10.7. The highest BCUT2D eigenvalue weighted by atomic mass is 19.1. The first-order valence-corrected chi connectivity index (χ1v) is 5.40. The molecule has 2 rings (SSSR count). The molecule has 1 aromatic heterocycles. The van der Waals surface area contributed by atoms with E-state index in [0.29, 0.717) is 24.4 Å². The molecule has 0 bridgehead atoms. The van der Waals surface area contributed by atoms with E-state index in [0.717, 1.165) is 0 Å². The lowest BCUT2D eigenvalue weighted by molar-refractivity contribution is -0.385. The topological polar surface area (TPSA) is 87.0 Å². The Morgan fingerprint density at radius 3 is 2.53 bits per heavy atom. The fraction of sp³-hybridized carbons (Fsp3) is 0.182. The summed E-state index contributed by atoms with van der Waals surface area (Å²) in [5.41, 5.74) is 4.34. The SMILES string of the molecule is NCCc1nccn1-c1c(F)cc([N+](=O)[O-])cc1F. The number of benzene rings is 1. The maximum absolute atomic E-state index is 13.8. The van der Waals surface area contributed by atoms with Crippen molar-refractivity contribution >= 4 is 5.69 Å². The molecular weight excluding hydrogens is 258 g/mol. The first-order valence-electron chi connectivity index (χ1n) is 5.40. The smallest absolute Gasteiger partial charge is 0.275 e. The Kier molecular flexibility index (Phi) is 3.52. The van der Waals surface area contributed by atoms with Crippen molar-refractivity contribution in [1.29, 1.82) is 0 Å². The van der Waals surface area contributed by atoms with E-state index < -0.39 is 27.9 Å². The first-order chi connectivity index (χ1) is 9.04. The molecule has 19 heavy (non-hydrogen) atoms. The van der Waals surface area contributed by atoms with E-state index in [9.17, 15) is 18.9 Å². The number of imidazole rings is 1. The lowest BCUT2D eigenvalue weighted by atomic mass is 10.2. The van der Waals surface area contributed by atoms with Crippen molar-refractivity contribution < 1.29 is 13.7 Å². The number of nitrogens with zero attached hydrogens (tertiary/aromatic N) is 3. The maximum atomic E-state index is 13.8. The van der Waals surface area contributed by atoms with Gasteiger partial charge in [0.25, 0.3) is 5.69 Å². The van der Waals surface area contributed by atoms with Gasteiger partial charge in [0.2, 0.25) is 0 Å². The van der Waals surface area contributed by atoms with Gasteiger partial charge in [0, 0.05) is 18.8 Å². The van der Waals surface area contributed by atoms with Crippen LogP contribution in [0.3, 0.4) is 0 Å². The Hall–Kier alpha value is -2.35. The summed E-state index contributed by atoms with van der Waals surface area (Å²) in [6.07, 6.45) is 3.09. The summed E-state index contributed by atoms with van der Waals surface area (Å²) in [5.74, 6) is -1.67. The molecule has 0 aliphatic heterocycles. The van der Waals surface area contributed by atoms with Crippen molar-refractivity contribution in [2.24, 2.45) is 5.73 Å². The third-order valence-electron chi connectivity index (χ3n) is 2.54. The van der Waals surface area contributed by atoms with Gasteiger partial charge in [-0.05, 0) is 6.54 Å². The monoisotopic (exact) mass is 268 g/mol. The predicted molar refractivity (Wildman–Crippen MR) is 62.9 cm³/mol. The summed E-state index contributed by atoms with van der Waals surface area (Å²) < 4.78 is 28.9. The number of nitro benzene ring substituents is 1. The summed E-state index contributed by atoms with van der Waals surface area (Å²) >= 11 is 0. The van der Waals surface area contributed by atoms with E-state index in [-0.39, 0.29) is 6.54 Å². The molecule has 2 N–H and O–H groups in total. The summed E-state index contributed by atoms with van der Waals surface area (Å²) in [6.45, 7) is 0.271. The molecule has 0 amide bonds. The van der Waals surface area contributed by atoms with Crippen LogP contribution in [0.5, 0.6) is 0 Å². The average Bonchev–Trinajstić information content (AvgIpc) is 2.77. The number of hydrogen-bond donors (Lipinski definition) is 1. The Morgan fingerprint density at radius 2 is 2.00 bits per heavy atom. The molecule has 0 aliphatic rings. The van der Waals surface area contributed by atoms with Gasteiger partial charge in [-0.25, -0.2) is 13.8 Å². The molecule has 100 valence electrons. The van der Waals surface area contributed by atoms with Crippen LogP contribution >= 0.6 is 0 Å². The average molecular weight is 268 g/mol. The number of rotatable bonds is 4. The molecule has 1 heterocycles. The lowest BCUT2D eigenvalue weighted by Crippen LogP contribution is -2.11. The van der Waals surface area contributed by atoms with E-state index in [2.05, 4.69) is 4.98 Å². The van der Waals surface area contributed by atoms with Crippen LogP contribution in [0.2, 0.25) is 0 Å². The van der Waals surface area contributed by atoms with Gasteiger partial charge in [-0.2, -0.15) is 0 Å². The molecule has 0 fully saturated rings. The summed E-state index contributed by atoms with van der Waals surface area (Å²) in [4.78, 5) is 13.6. The fourth-order valence-corrected chi connectivity index (χ4v) is 1.74. The van der Waals surface area contributed by atoms with Gasteiger partial charge in [-0.1, -0.05) is 0 Å². The van der Waals surface area contributed by atoms with Gasteiger partial charge < -0.3 is 5.73 Å². The largest absolute Gasteiger partial charge is 0.330 e. The second-order valence-corrected chi connectivity index (χ2v) is 3.77. The second-order valence-electron chi connectivity index (χ2n) is 3.77. The molecule has 0 saturated heterocycles. The van der Waals surface area contributed by atoms with Gasteiger partial charge >= 0.3 is 0 Å². The number of aromatic nitrogens is 2. The molecule has 8 heteroatoms. The molecule has 0 spiro atoms. The molecule has 0 atom stereocenters. The summed E-state index contributed by atoms with van der Waals surface area (Å²) in [6, 6.07) is 1.34. The number of nitro groups is 1. The van der Waals surface area contributed by atoms with Crippen molar-refractivity contribution in [1.82, 2.24) is 9.55 Å². The van der Waals surface area contributed by atoms with Crippen molar-refractivity contribution in [3.63, 3.8) is 0 Å². The van der Waals surface area contributed by atoms with Gasteiger partial charge in [-0.15, -0.1) is 0 Å². The van der Waals surface area contributed by atoms with Crippen LogP contribution in [0, 0.1) is 21.7 Å². The van der Waals surface area contributed by atoms with E-state index in [4.69, 9.17) is 5.73 Å². The van der Waals surface area contributed by atoms with Crippen LogP contribution in [0.15, 0.2) is 24.5 Å². The van der Waals surface area contributed by atoms with Crippen LogP contribution in [0.4, 0.5) is 14.5 Å². The van der Waals surface area contributed by atoms with Crippen LogP contribution in [0.1, 0.15) is 5.82 Å². The fourth-order valence-electron chi connectivity index (χ4n) is 1.74. The van der Waals surface area contributed by atoms with Crippen molar-refractivity contribution in [2.75, 3.05) is 6.54 Å². The predicted octanol–water partition coefficient (Wildman–Crippen LogP) is 1.56. The van der Waals surface area contributed by atoms with Crippen molar-refractivity contribution in [2.45, 2.75) is 6.42 Å². The second kappa shape index (κ2) is 5.11. The zero-order valence-electron chi connectivity index (χ0n) is 9.72.